The highest BCUT2D eigenvalue weighted by molar-refractivity contribution is 5.81. The van der Waals surface area contributed by atoms with E-state index in [9.17, 15) is 15.0 Å². The van der Waals surface area contributed by atoms with Gasteiger partial charge >= 0.3 is 0 Å². The number of aliphatic hydroxyl groups is 2. The second-order valence-electron chi connectivity index (χ2n) is 7.33. The first-order chi connectivity index (χ1) is 10.3. The zero-order valence-electron chi connectivity index (χ0n) is 14.3. The van der Waals surface area contributed by atoms with E-state index in [1.807, 2.05) is 13.8 Å². The van der Waals surface area contributed by atoms with Crippen LogP contribution in [0.2, 0.25) is 0 Å². The first-order valence-corrected chi connectivity index (χ1v) is 8.73. The topological polar surface area (TPSA) is 95.6 Å². The lowest BCUT2D eigenvalue weighted by Gasteiger charge is -2.33. The van der Waals surface area contributed by atoms with Crippen LogP contribution in [-0.2, 0) is 4.79 Å². The van der Waals surface area contributed by atoms with Crippen molar-refractivity contribution in [2.45, 2.75) is 90.0 Å². The molecule has 5 nitrogen and oxygen atoms in total. The van der Waals surface area contributed by atoms with E-state index < -0.39 is 24.3 Å². The van der Waals surface area contributed by atoms with Crippen molar-refractivity contribution in [1.29, 1.82) is 0 Å². The monoisotopic (exact) mass is 314 g/mol. The van der Waals surface area contributed by atoms with Crippen molar-refractivity contribution in [2.24, 2.45) is 17.6 Å². The molecule has 1 amide bonds. The number of carbonyl (C=O) groups is 1. The summed E-state index contributed by atoms with van der Waals surface area (Å²) in [6.07, 6.45) is 5.45. The van der Waals surface area contributed by atoms with Crippen LogP contribution in [0.15, 0.2) is 0 Å². The minimum Gasteiger partial charge on any atom is -0.390 e. The molecule has 5 heteroatoms. The molecule has 22 heavy (non-hydrogen) atoms. The van der Waals surface area contributed by atoms with E-state index in [0.717, 1.165) is 19.3 Å². The van der Waals surface area contributed by atoms with Crippen LogP contribution in [-0.4, -0.2) is 40.4 Å². The van der Waals surface area contributed by atoms with Crippen molar-refractivity contribution in [3.63, 3.8) is 0 Å². The van der Waals surface area contributed by atoms with E-state index in [4.69, 9.17) is 5.73 Å². The minimum atomic E-state index is -0.938. The van der Waals surface area contributed by atoms with Crippen molar-refractivity contribution in [2.75, 3.05) is 0 Å². The summed E-state index contributed by atoms with van der Waals surface area (Å²) < 4.78 is 0. The van der Waals surface area contributed by atoms with Gasteiger partial charge in [0.1, 0.15) is 6.10 Å². The summed E-state index contributed by atoms with van der Waals surface area (Å²) in [5.41, 5.74) is 5.62. The van der Waals surface area contributed by atoms with Crippen molar-refractivity contribution in [3.8, 4) is 0 Å². The van der Waals surface area contributed by atoms with Gasteiger partial charge in [-0.1, -0.05) is 46.0 Å². The Morgan fingerprint density at radius 3 is 2.27 bits per heavy atom. The lowest BCUT2D eigenvalue weighted by atomic mass is 9.82. The molecule has 0 aromatic heterocycles. The fraction of sp³-hybridized carbons (Fsp3) is 0.941. The standard InChI is InChI=1S/C17H34N2O3/c1-11(2)9-15(20)16(21)14(19-17(22)12(3)18)10-13-7-5-4-6-8-13/h11-16,20-21H,4-10,18H2,1-3H3,(H,19,22)/t12-,14?,15?,16?/m0/s1. The third kappa shape index (κ3) is 6.63. The number of amides is 1. The Hall–Kier alpha value is -0.650. The highest BCUT2D eigenvalue weighted by Gasteiger charge is 2.31. The second kappa shape index (κ2) is 9.48. The number of rotatable bonds is 8. The molecule has 1 fully saturated rings. The van der Waals surface area contributed by atoms with Gasteiger partial charge in [-0.15, -0.1) is 0 Å². The quantitative estimate of drug-likeness (QED) is 0.547. The molecule has 3 unspecified atom stereocenters. The number of aliphatic hydroxyl groups excluding tert-OH is 2. The lowest BCUT2D eigenvalue weighted by Crippen LogP contribution is -2.53. The Labute approximate surface area is 134 Å². The minimum absolute atomic E-state index is 0.267. The van der Waals surface area contributed by atoms with Crippen molar-refractivity contribution in [3.05, 3.63) is 0 Å². The van der Waals surface area contributed by atoms with E-state index in [1.54, 1.807) is 6.92 Å². The molecule has 0 spiro atoms. The molecule has 4 atom stereocenters. The molecule has 0 bridgehead atoms. The number of carbonyl (C=O) groups excluding carboxylic acids is 1. The van der Waals surface area contributed by atoms with Crippen molar-refractivity contribution >= 4 is 5.91 Å². The smallest absolute Gasteiger partial charge is 0.236 e. The summed E-state index contributed by atoms with van der Waals surface area (Å²) in [4.78, 5) is 11.9. The molecule has 1 rings (SSSR count). The zero-order chi connectivity index (χ0) is 16.7. The first-order valence-electron chi connectivity index (χ1n) is 8.73. The third-order valence-corrected chi connectivity index (χ3v) is 4.57. The average molecular weight is 314 g/mol. The van der Waals surface area contributed by atoms with Gasteiger partial charge in [-0.3, -0.25) is 4.79 Å². The number of hydrogen-bond donors (Lipinski definition) is 4. The largest absolute Gasteiger partial charge is 0.390 e. The highest BCUT2D eigenvalue weighted by Crippen LogP contribution is 2.28. The number of nitrogens with two attached hydrogens (primary N) is 1. The van der Waals surface area contributed by atoms with Crippen LogP contribution in [0.5, 0.6) is 0 Å². The van der Waals surface area contributed by atoms with Gasteiger partial charge in [0.2, 0.25) is 5.91 Å². The maximum absolute atomic E-state index is 11.9. The van der Waals surface area contributed by atoms with E-state index in [1.165, 1.54) is 19.3 Å². The Morgan fingerprint density at radius 1 is 1.18 bits per heavy atom. The van der Waals surface area contributed by atoms with E-state index in [2.05, 4.69) is 5.32 Å². The second-order valence-corrected chi connectivity index (χ2v) is 7.33. The third-order valence-electron chi connectivity index (χ3n) is 4.57. The summed E-state index contributed by atoms with van der Waals surface area (Å²) in [5, 5.41) is 23.5. The molecule has 0 radical (unpaired) electrons. The molecule has 0 aromatic carbocycles. The van der Waals surface area contributed by atoms with Crippen LogP contribution in [0.1, 0.15) is 65.7 Å². The van der Waals surface area contributed by atoms with Crippen molar-refractivity contribution < 1.29 is 15.0 Å². The fourth-order valence-corrected chi connectivity index (χ4v) is 3.27. The molecule has 0 heterocycles. The highest BCUT2D eigenvalue weighted by atomic mass is 16.3. The number of hydrogen-bond acceptors (Lipinski definition) is 4. The summed E-state index contributed by atoms with van der Waals surface area (Å²) in [6.45, 7) is 5.64. The van der Waals surface area contributed by atoms with Gasteiger partial charge < -0.3 is 21.3 Å². The molecule has 1 saturated carbocycles. The maximum atomic E-state index is 11.9. The molecular weight excluding hydrogens is 280 g/mol. The van der Waals surface area contributed by atoms with Crippen LogP contribution >= 0.6 is 0 Å². The summed E-state index contributed by atoms with van der Waals surface area (Å²) in [5.74, 6) is 0.536. The van der Waals surface area contributed by atoms with Gasteiger partial charge in [0.25, 0.3) is 0 Å². The zero-order valence-corrected chi connectivity index (χ0v) is 14.3. The molecule has 1 aliphatic rings. The van der Waals surface area contributed by atoms with Crippen LogP contribution in [0, 0.1) is 11.8 Å². The van der Waals surface area contributed by atoms with Gasteiger partial charge in [0.05, 0.1) is 18.2 Å². The van der Waals surface area contributed by atoms with Crippen LogP contribution in [0.3, 0.4) is 0 Å². The summed E-state index contributed by atoms with van der Waals surface area (Å²) in [6, 6.07) is -1.03. The lowest BCUT2D eigenvalue weighted by molar-refractivity contribution is -0.124. The van der Waals surface area contributed by atoms with Gasteiger partial charge in [0, 0.05) is 0 Å². The molecular formula is C17H34N2O3. The Kier molecular flexibility index (Phi) is 8.36. The fourth-order valence-electron chi connectivity index (χ4n) is 3.27. The average Bonchev–Trinajstić information content (AvgIpc) is 2.45. The predicted molar refractivity (Wildman–Crippen MR) is 88.2 cm³/mol. The van der Waals surface area contributed by atoms with Gasteiger partial charge in [0.15, 0.2) is 0 Å². The first kappa shape index (κ1) is 19.4. The van der Waals surface area contributed by atoms with Gasteiger partial charge in [-0.2, -0.15) is 0 Å². The predicted octanol–water partition coefficient (Wildman–Crippen LogP) is 1.56. The molecule has 0 aromatic rings. The number of nitrogens with one attached hydrogen (secondary N) is 1. The Morgan fingerprint density at radius 2 is 1.77 bits per heavy atom. The van der Waals surface area contributed by atoms with Gasteiger partial charge in [-0.25, -0.2) is 0 Å². The Balaban J connectivity index is 2.68. The molecule has 5 N–H and O–H groups in total. The van der Waals surface area contributed by atoms with Crippen LogP contribution in [0.4, 0.5) is 0 Å². The van der Waals surface area contributed by atoms with E-state index in [0.29, 0.717) is 18.3 Å². The SMILES string of the molecule is CC(C)CC(O)C(O)C(CC1CCCCC1)NC(=O)[C@H](C)N. The normalized spacial score (nSPS) is 22.1. The van der Waals surface area contributed by atoms with E-state index in [-0.39, 0.29) is 5.91 Å². The van der Waals surface area contributed by atoms with Crippen LogP contribution < -0.4 is 11.1 Å². The van der Waals surface area contributed by atoms with Crippen molar-refractivity contribution in [1.82, 2.24) is 5.32 Å². The molecule has 1 aliphatic carbocycles. The van der Waals surface area contributed by atoms with Crippen LogP contribution in [0.25, 0.3) is 0 Å². The maximum Gasteiger partial charge on any atom is 0.236 e. The molecule has 0 aliphatic heterocycles. The molecule has 0 saturated heterocycles. The molecule has 130 valence electrons. The summed E-state index contributed by atoms with van der Waals surface area (Å²) in [7, 11) is 0. The Bertz CT molecular complexity index is 328. The van der Waals surface area contributed by atoms with E-state index >= 15 is 0 Å². The van der Waals surface area contributed by atoms with Gasteiger partial charge in [-0.05, 0) is 31.6 Å². The summed E-state index contributed by atoms with van der Waals surface area (Å²) >= 11 is 0.